The van der Waals surface area contributed by atoms with Crippen LogP contribution in [0.4, 0.5) is 10.5 Å². The second kappa shape index (κ2) is 9.26. The lowest BCUT2D eigenvalue weighted by Gasteiger charge is -2.32. The summed E-state index contributed by atoms with van der Waals surface area (Å²) in [7, 11) is 1.60. The van der Waals surface area contributed by atoms with E-state index in [9.17, 15) is 19.5 Å². The van der Waals surface area contributed by atoms with Gasteiger partial charge in [0.05, 0.1) is 12.1 Å². The van der Waals surface area contributed by atoms with Crippen LogP contribution in [-0.2, 0) is 27.3 Å². The van der Waals surface area contributed by atoms with Crippen LogP contribution in [0, 0.1) is 0 Å². The molecule has 2 amide bonds. The summed E-state index contributed by atoms with van der Waals surface area (Å²) in [6.07, 6.45) is 1.01. The maximum absolute atomic E-state index is 13.0. The molecular weight excluding hydrogens is 376 g/mol. The molecule has 0 bridgehead atoms. The van der Waals surface area contributed by atoms with E-state index in [1.807, 2.05) is 12.1 Å². The first kappa shape index (κ1) is 22.7. The largest absolute Gasteiger partial charge is 0.481 e. The average molecular weight is 406 g/mol. The van der Waals surface area contributed by atoms with E-state index in [1.54, 1.807) is 33.9 Å². The number of carboxylic acids is 1. The van der Waals surface area contributed by atoms with Crippen molar-refractivity contribution in [3.8, 4) is 0 Å². The van der Waals surface area contributed by atoms with Crippen LogP contribution in [0.3, 0.4) is 0 Å². The SMILES string of the molecule is CN1Cc2cc(CCCCO)ccc2N(C(=O)OC(C)(C)C)C(CC(=O)O)C1=O. The molecule has 0 saturated carbocycles. The molecule has 1 aliphatic heterocycles. The molecule has 1 aliphatic rings. The number of hydrogen-bond acceptors (Lipinski definition) is 5. The fraction of sp³-hybridized carbons (Fsp3) is 0.571. The number of hydrogen-bond donors (Lipinski definition) is 2. The third kappa shape index (κ3) is 5.93. The third-order valence-electron chi connectivity index (χ3n) is 4.62. The molecule has 0 saturated heterocycles. The van der Waals surface area contributed by atoms with Gasteiger partial charge in [0, 0.05) is 20.2 Å². The zero-order chi connectivity index (χ0) is 21.8. The van der Waals surface area contributed by atoms with Gasteiger partial charge in [-0.25, -0.2) is 4.79 Å². The van der Waals surface area contributed by atoms with E-state index >= 15 is 0 Å². The van der Waals surface area contributed by atoms with Gasteiger partial charge in [0.2, 0.25) is 5.91 Å². The van der Waals surface area contributed by atoms with Crippen LogP contribution in [0.2, 0.25) is 0 Å². The molecule has 0 spiro atoms. The summed E-state index contributed by atoms with van der Waals surface area (Å²) in [5.74, 6) is -1.62. The Morgan fingerprint density at radius 1 is 1.24 bits per heavy atom. The van der Waals surface area contributed by atoms with E-state index in [4.69, 9.17) is 9.84 Å². The van der Waals surface area contributed by atoms with Crippen molar-refractivity contribution in [2.45, 2.75) is 64.6 Å². The molecule has 1 heterocycles. The van der Waals surface area contributed by atoms with Crippen LogP contribution in [0.25, 0.3) is 0 Å². The standard InChI is InChI=1S/C21H30N2O6/c1-21(2,3)29-20(28)23-16-9-8-14(7-5-6-10-24)11-15(16)13-22(4)19(27)17(23)12-18(25)26/h8-9,11,17,24H,5-7,10,12-13H2,1-4H3,(H,25,26). The van der Waals surface area contributed by atoms with Crippen molar-refractivity contribution in [2.24, 2.45) is 0 Å². The van der Waals surface area contributed by atoms with E-state index in [1.165, 1.54) is 9.80 Å². The van der Waals surface area contributed by atoms with Gasteiger partial charge in [0.1, 0.15) is 11.6 Å². The molecule has 0 aromatic heterocycles. The van der Waals surface area contributed by atoms with E-state index < -0.39 is 36.0 Å². The van der Waals surface area contributed by atoms with Crippen LogP contribution in [-0.4, -0.2) is 58.4 Å². The highest BCUT2D eigenvalue weighted by Crippen LogP contribution is 2.32. The summed E-state index contributed by atoms with van der Waals surface area (Å²) < 4.78 is 5.49. The first-order valence-electron chi connectivity index (χ1n) is 9.75. The van der Waals surface area contributed by atoms with Gasteiger partial charge in [-0.05, 0) is 57.2 Å². The van der Waals surface area contributed by atoms with Gasteiger partial charge in [-0.15, -0.1) is 0 Å². The molecule has 2 rings (SSSR count). The Balaban J connectivity index is 2.50. The number of nitrogens with zero attached hydrogens (tertiary/aromatic N) is 2. The second-order valence-electron chi connectivity index (χ2n) is 8.30. The molecule has 29 heavy (non-hydrogen) atoms. The number of carboxylic acid groups (broad SMARTS) is 1. The van der Waals surface area contributed by atoms with Gasteiger partial charge in [-0.1, -0.05) is 12.1 Å². The lowest BCUT2D eigenvalue weighted by Crippen LogP contribution is -2.50. The highest BCUT2D eigenvalue weighted by molar-refractivity contribution is 6.01. The number of aliphatic carboxylic acids is 1. The van der Waals surface area contributed by atoms with Crippen molar-refractivity contribution in [3.63, 3.8) is 0 Å². The molecule has 1 aromatic carbocycles. The van der Waals surface area contributed by atoms with Crippen LogP contribution in [0.15, 0.2) is 18.2 Å². The Kier molecular flexibility index (Phi) is 7.24. The quantitative estimate of drug-likeness (QED) is 0.703. The van der Waals surface area contributed by atoms with Gasteiger partial charge in [0.25, 0.3) is 0 Å². The van der Waals surface area contributed by atoms with E-state index in [0.717, 1.165) is 24.0 Å². The molecule has 1 atom stereocenters. The lowest BCUT2D eigenvalue weighted by atomic mass is 10.0. The Morgan fingerprint density at radius 3 is 2.52 bits per heavy atom. The van der Waals surface area contributed by atoms with Crippen molar-refractivity contribution in [3.05, 3.63) is 29.3 Å². The molecule has 1 aromatic rings. The lowest BCUT2D eigenvalue weighted by molar-refractivity contribution is -0.141. The van der Waals surface area contributed by atoms with Gasteiger partial charge in [-0.2, -0.15) is 0 Å². The number of carbonyl (C=O) groups is 3. The molecule has 8 nitrogen and oxygen atoms in total. The number of benzene rings is 1. The zero-order valence-electron chi connectivity index (χ0n) is 17.5. The summed E-state index contributed by atoms with van der Waals surface area (Å²) in [6.45, 7) is 5.54. The Labute approximate surface area is 171 Å². The number of carbonyl (C=O) groups excluding carboxylic acids is 2. The fourth-order valence-electron chi connectivity index (χ4n) is 3.34. The minimum Gasteiger partial charge on any atom is -0.481 e. The number of ether oxygens (including phenoxy) is 1. The summed E-state index contributed by atoms with van der Waals surface area (Å²) in [6, 6.07) is 4.35. The molecule has 8 heteroatoms. The Hall–Kier alpha value is -2.61. The smallest absolute Gasteiger partial charge is 0.415 e. The van der Waals surface area contributed by atoms with E-state index in [2.05, 4.69) is 0 Å². The van der Waals surface area contributed by atoms with Crippen molar-refractivity contribution in [2.75, 3.05) is 18.6 Å². The van der Waals surface area contributed by atoms with Gasteiger partial charge >= 0.3 is 12.1 Å². The number of anilines is 1. The predicted molar refractivity (Wildman–Crippen MR) is 108 cm³/mol. The van der Waals surface area contributed by atoms with Crippen LogP contribution < -0.4 is 4.90 Å². The highest BCUT2D eigenvalue weighted by atomic mass is 16.6. The van der Waals surface area contributed by atoms with Crippen molar-refractivity contribution in [1.29, 1.82) is 0 Å². The summed E-state index contributed by atoms with van der Waals surface area (Å²) in [5, 5.41) is 18.3. The molecule has 1 unspecified atom stereocenters. The molecule has 0 fully saturated rings. The molecule has 0 aliphatic carbocycles. The van der Waals surface area contributed by atoms with Crippen LogP contribution >= 0.6 is 0 Å². The van der Waals surface area contributed by atoms with Crippen LogP contribution in [0.5, 0.6) is 0 Å². The van der Waals surface area contributed by atoms with E-state index in [0.29, 0.717) is 12.1 Å². The molecule has 2 N–H and O–H groups in total. The van der Waals surface area contributed by atoms with Gasteiger partial charge in [-0.3, -0.25) is 14.5 Å². The molecule has 160 valence electrons. The van der Waals surface area contributed by atoms with E-state index in [-0.39, 0.29) is 13.2 Å². The maximum atomic E-state index is 13.0. The number of rotatable bonds is 6. The summed E-state index contributed by atoms with van der Waals surface area (Å²) >= 11 is 0. The normalized spacial score (nSPS) is 17.0. The number of aryl methyl sites for hydroxylation is 1. The summed E-state index contributed by atoms with van der Waals surface area (Å²) in [5.41, 5.74) is 1.46. The summed E-state index contributed by atoms with van der Waals surface area (Å²) in [4.78, 5) is 39.9. The molecular formula is C21H30N2O6. The maximum Gasteiger partial charge on any atom is 0.415 e. The van der Waals surface area contributed by atoms with Gasteiger partial charge in [0.15, 0.2) is 0 Å². The monoisotopic (exact) mass is 406 g/mol. The number of aliphatic hydroxyl groups excluding tert-OH is 1. The number of likely N-dealkylation sites (N-methyl/N-ethyl adjacent to an activating group) is 1. The number of amides is 2. The second-order valence-corrected chi connectivity index (χ2v) is 8.30. The average Bonchev–Trinajstić information content (AvgIpc) is 2.69. The number of unbranched alkanes of at least 4 members (excludes halogenated alkanes) is 1. The van der Waals surface area contributed by atoms with Gasteiger partial charge < -0.3 is 19.8 Å². The first-order valence-corrected chi connectivity index (χ1v) is 9.75. The minimum absolute atomic E-state index is 0.130. The number of fused-ring (bicyclic) bond motifs is 1. The highest BCUT2D eigenvalue weighted by Gasteiger charge is 2.40. The Bertz CT molecular complexity index is 771. The Morgan fingerprint density at radius 2 is 1.93 bits per heavy atom. The number of aliphatic hydroxyl groups is 1. The third-order valence-corrected chi connectivity index (χ3v) is 4.62. The zero-order valence-corrected chi connectivity index (χ0v) is 17.5. The van der Waals surface area contributed by atoms with Crippen LogP contribution in [0.1, 0.15) is 51.2 Å². The topological polar surface area (TPSA) is 107 Å². The van der Waals surface area contributed by atoms with Crippen molar-refractivity contribution < 1.29 is 29.3 Å². The fourth-order valence-corrected chi connectivity index (χ4v) is 3.34. The predicted octanol–water partition coefficient (Wildman–Crippen LogP) is 2.56. The van der Waals surface area contributed by atoms with Crippen molar-refractivity contribution in [1.82, 2.24) is 4.90 Å². The molecule has 0 radical (unpaired) electrons. The first-order chi connectivity index (χ1) is 13.5. The van der Waals surface area contributed by atoms with Crippen molar-refractivity contribution >= 4 is 23.7 Å². The minimum atomic E-state index is -1.19.